The van der Waals surface area contributed by atoms with Crippen molar-refractivity contribution in [3.63, 3.8) is 0 Å². The zero-order valence-corrected chi connectivity index (χ0v) is 18.3. The van der Waals surface area contributed by atoms with Gasteiger partial charge in [0.05, 0.1) is 0 Å². The van der Waals surface area contributed by atoms with Gasteiger partial charge in [-0.05, 0) is 38.5 Å². The maximum Gasteiger partial charge on any atom is 0.326 e. The number of nitrogens with one attached hydrogen (secondary N) is 1. The Balaban J connectivity index is 3.52. The molecular weight excluding hydrogens is 368 g/mol. The van der Waals surface area contributed by atoms with Crippen LogP contribution in [0.15, 0.2) is 12.2 Å². The monoisotopic (exact) mass is 410 g/mol. The van der Waals surface area contributed by atoms with E-state index in [1.807, 2.05) is 0 Å². The molecule has 1 unspecified atom stereocenters. The fourth-order valence-corrected chi connectivity index (χ4v) is 3.17. The van der Waals surface area contributed by atoms with Crippen molar-refractivity contribution in [1.29, 1.82) is 0 Å². The second kappa shape index (κ2) is 19.5. The lowest BCUT2D eigenvalue weighted by Gasteiger charge is -2.13. The SMILES string of the molecule is CCCCC/C=C\CCCCCCCCCCC(=O)NC(CCC(N)=O)C(=O)O. The minimum absolute atomic E-state index is 0.0328. The fourth-order valence-electron chi connectivity index (χ4n) is 3.17. The van der Waals surface area contributed by atoms with Crippen LogP contribution in [0.3, 0.4) is 0 Å². The Hall–Kier alpha value is -1.85. The van der Waals surface area contributed by atoms with Gasteiger partial charge >= 0.3 is 5.97 Å². The molecule has 0 fully saturated rings. The highest BCUT2D eigenvalue weighted by Crippen LogP contribution is 2.11. The largest absolute Gasteiger partial charge is 0.480 e. The van der Waals surface area contributed by atoms with E-state index in [0.29, 0.717) is 6.42 Å². The van der Waals surface area contributed by atoms with Crippen molar-refractivity contribution in [2.24, 2.45) is 5.73 Å². The number of rotatable bonds is 20. The van der Waals surface area contributed by atoms with E-state index in [1.165, 1.54) is 64.2 Å². The van der Waals surface area contributed by atoms with Crippen molar-refractivity contribution >= 4 is 17.8 Å². The summed E-state index contributed by atoms with van der Waals surface area (Å²) in [5.74, 6) is -1.97. The molecule has 2 amide bonds. The van der Waals surface area contributed by atoms with Crippen LogP contribution in [-0.4, -0.2) is 28.9 Å². The van der Waals surface area contributed by atoms with Crippen LogP contribution in [-0.2, 0) is 14.4 Å². The molecule has 0 aromatic heterocycles. The summed E-state index contributed by atoms with van der Waals surface area (Å²) in [7, 11) is 0. The van der Waals surface area contributed by atoms with E-state index in [2.05, 4.69) is 24.4 Å². The summed E-state index contributed by atoms with van der Waals surface area (Å²) in [6, 6.07) is -1.04. The summed E-state index contributed by atoms with van der Waals surface area (Å²) in [5, 5.41) is 11.5. The van der Waals surface area contributed by atoms with Crippen molar-refractivity contribution < 1.29 is 19.5 Å². The number of amides is 2. The van der Waals surface area contributed by atoms with Gasteiger partial charge in [-0.1, -0.05) is 70.4 Å². The zero-order valence-electron chi connectivity index (χ0n) is 18.3. The summed E-state index contributed by atoms with van der Waals surface area (Å²) in [6.07, 6.45) is 20.4. The predicted molar refractivity (Wildman–Crippen MR) is 117 cm³/mol. The molecule has 0 bridgehead atoms. The van der Waals surface area contributed by atoms with E-state index in [4.69, 9.17) is 10.8 Å². The van der Waals surface area contributed by atoms with Gasteiger partial charge in [-0.3, -0.25) is 9.59 Å². The van der Waals surface area contributed by atoms with Gasteiger partial charge < -0.3 is 16.2 Å². The van der Waals surface area contributed by atoms with Gasteiger partial charge in [0.2, 0.25) is 11.8 Å². The number of unbranched alkanes of at least 4 members (excludes halogenated alkanes) is 11. The second-order valence-electron chi connectivity index (χ2n) is 7.80. The van der Waals surface area contributed by atoms with Crippen LogP contribution < -0.4 is 11.1 Å². The molecule has 0 rings (SSSR count). The molecule has 0 radical (unpaired) electrons. The topological polar surface area (TPSA) is 109 Å². The molecule has 0 saturated carbocycles. The lowest BCUT2D eigenvalue weighted by atomic mass is 10.1. The highest BCUT2D eigenvalue weighted by Gasteiger charge is 2.20. The number of carboxylic acid groups (broad SMARTS) is 1. The molecular formula is C23H42N2O4. The van der Waals surface area contributed by atoms with Gasteiger partial charge in [-0.2, -0.15) is 0 Å². The number of hydrogen-bond acceptors (Lipinski definition) is 3. The van der Waals surface area contributed by atoms with E-state index < -0.39 is 17.9 Å². The van der Waals surface area contributed by atoms with Gasteiger partial charge in [0, 0.05) is 12.8 Å². The fraction of sp³-hybridized carbons (Fsp3) is 0.783. The van der Waals surface area contributed by atoms with Crippen molar-refractivity contribution in [2.75, 3.05) is 0 Å². The maximum absolute atomic E-state index is 11.8. The smallest absolute Gasteiger partial charge is 0.326 e. The van der Waals surface area contributed by atoms with Crippen LogP contribution in [0.25, 0.3) is 0 Å². The summed E-state index contributed by atoms with van der Waals surface area (Å²) < 4.78 is 0. The first kappa shape index (κ1) is 27.1. The van der Waals surface area contributed by atoms with Crippen molar-refractivity contribution in [2.45, 2.75) is 116 Å². The lowest BCUT2D eigenvalue weighted by Crippen LogP contribution is -2.41. The number of carbonyl (C=O) groups excluding carboxylic acids is 2. The molecule has 0 aliphatic carbocycles. The van der Waals surface area contributed by atoms with Crippen LogP contribution >= 0.6 is 0 Å². The number of allylic oxidation sites excluding steroid dienone is 2. The molecule has 0 saturated heterocycles. The molecule has 1 atom stereocenters. The number of primary amides is 1. The Morgan fingerprint density at radius 2 is 1.34 bits per heavy atom. The quantitative estimate of drug-likeness (QED) is 0.197. The number of carbonyl (C=O) groups is 3. The third-order valence-electron chi connectivity index (χ3n) is 4.98. The first-order valence-electron chi connectivity index (χ1n) is 11.4. The first-order valence-corrected chi connectivity index (χ1v) is 11.4. The highest BCUT2D eigenvalue weighted by atomic mass is 16.4. The summed E-state index contributed by atoms with van der Waals surface area (Å²) in [5.41, 5.74) is 5.02. The van der Waals surface area contributed by atoms with E-state index in [0.717, 1.165) is 19.3 Å². The standard InChI is InChI=1S/C23H42N2O4/c1-2-3-4-5-6-7-8-9-10-11-12-13-14-15-16-17-22(27)25-20(23(28)29)18-19-21(24)26/h6-7,20H,2-5,8-19H2,1H3,(H2,24,26)(H,25,27)(H,28,29)/b7-6-. The molecule has 0 aliphatic rings. The molecule has 29 heavy (non-hydrogen) atoms. The van der Waals surface area contributed by atoms with Crippen molar-refractivity contribution in [1.82, 2.24) is 5.32 Å². The Morgan fingerprint density at radius 3 is 1.86 bits per heavy atom. The Labute approximate surface area is 176 Å². The van der Waals surface area contributed by atoms with Gasteiger partial charge in [-0.15, -0.1) is 0 Å². The Bertz CT molecular complexity index is 477. The van der Waals surface area contributed by atoms with Gasteiger partial charge in [0.1, 0.15) is 6.04 Å². The van der Waals surface area contributed by atoms with Crippen LogP contribution in [0, 0.1) is 0 Å². The van der Waals surface area contributed by atoms with E-state index >= 15 is 0 Å². The third-order valence-corrected chi connectivity index (χ3v) is 4.98. The molecule has 6 nitrogen and oxygen atoms in total. The summed E-state index contributed by atoms with van der Waals surface area (Å²) in [4.78, 5) is 33.7. The number of hydrogen-bond donors (Lipinski definition) is 3. The second-order valence-corrected chi connectivity index (χ2v) is 7.80. The van der Waals surface area contributed by atoms with Gasteiger partial charge in [0.15, 0.2) is 0 Å². The Kier molecular flexibility index (Phi) is 18.2. The van der Waals surface area contributed by atoms with Crippen molar-refractivity contribution in [3.05, 3.63) is 12.2 Å². The van der Waals surface area contributed by atoms with E-state index in [1.54, 1.807) is 0 Å². The number of nitrogens with two attached hydrogens (primary N) is 1. The normalized spacial score (nSPS) is 12.2. The minimum Gasteiger partial charge on any atom is -0.480 e. The average Bonchev–Trinajstić information content (AvgIpc) is 2.67. The van der Waals surface area contributed by atoms with Gasteiger partial charge in [0.25, 0.3) is 0 Å². The molecule has 0 heterocycles. The summed E-state index contributed by atoms with van der Waals surface area (Å²) in [6.45, 7) is 2.23. The number of aliphatic carboxylic acids is 1. The third kappa shape index (κ3) is 19.2. The first-order chi connectivity index (χ1) is 14.0. The van der Waals surface area contributed by atoms with Crippen LogP contribution in [0.4, 0.5) is 0 Å². The molecule has 6 heteroatoms. The molecule has 0 aromatic rings. The molecule has 4 N–H and O–H groups in total. The Morgan fingerprint density at radius 1 is 0.828 bits per heavy atom. The molecule has 0 aliphatic heterocycles. The molecule has 168 valence electrons. The minimum atomic E-state index is -1.13. The average molecular weight is 411 g/mol. The van der Waals surface area contributed by atoms with E-state index in [9.17, 15) is 14.4 Å². The summed E-state index contributed by atoms with van der Waals surface area (Å²) >= 11 is 0. The number of carboxylic acids is 1. The van der Waals surface area contributed by atoms with Crippen LogP contribution in [0.2, 0.25) is 0 Å². The van der Waals surface area contributed by atoms with E-state index in [-0.39, 0.29) is 18.7 Å². The molecule has 0 spiro atoms. The van der Waals surface area contributed by atoms with Crippen molar-refractivity contribution in [3.8, 4) is 0 Å². The highest BCUT2D eigenvalue weighted by molar-refractivity contribution is 5.84. The zero-order chi connectivity index (χ0) is 21.7. The van der Waals surface area contributed by atoms with Crippen LogP contribution in [0.1, 0.15) is 110 Å². The lowest BCUT2D eigenvalue weighted by molar-refractivity contribution is -0.142. The maximum atomic E-state index is 11.8. The predicted octanol–water partition coefficient (Wildman–Crippen LogP) is 4.86. The molecule has 0 aromatic carbocycles. The van der Waals surface area contributed by atoms with Gasteiger partial charge in [-0.25, -0.2) is 4.79 Å². The van der Waals surface area contributed by atoms with Crippen LogP contribution in [0.5, 0.6) is 0 Å².